The molecule has 2 heterocycles. The van der Waals surface area contributed by atoms with Gasteiger partial charge in [-0.2, -0.15) is 0 Å². The average Bonchev–Trinajstić information content (AvgIpc) is 3.06. The number of nitrogens with one attached hydrogen (secondary N) is 1. The van der Waals surface area contributed by atoms with Crippen LogP contribution in [0.2, 0.25) is 0 Å². The van der Waals surface area contributed by atoms with E-state index in [0.29, 0.717) is 16.7 Å². The summed E-state index contributed by atoms with van der Waals surface area (Å²) in [6, 6.07) is 3.52. The highest BCUT2D eigenvalue weighted by Crippen LogP contribution is 2.22. The quantitative estimate of drug-likeness (QED) is 0.834. The molecular formula is C12H14N4O4S. The number of imide groups is 1. The van der Waals surface area contributed by atoms with E-state index in [9.17, 15) is 9.59 Å². The molecule has 0 aliphatic rings. The fourth-order valence-electron chi connectivity index (χ4n) is 1.51. The molecule has 0 saturated heterocycles. The standard InChI is InChI=1S/C12H14N4O4S/c1-3-19-12(18)13-9(17)7-21-11-15-14-10(16(11)2)8-5-4-6-20-8/h4-6H,3,7H2,1-2H3,(H,13,17,18). The number of furan rings is 1. The van der Waals surface area contributed by atoms with Crippen LogP contribution in [0.4, 0.5) is 4.79 Å². The Bertz CT molecular complexity index is 623. The number of alkyl carbamates (subject to hydrolysis) is 1. The first-order valence-electron chi connectivity index (χ1n) is 6.14. The van der Waals surface area contributed by atoms with Crippen molar-refractivity contribution in [3.63, 3.8) is 0 Å². The highest BCUT2D eigenvalue weighted by Gasteiger charge is 2.15. The summed E-state index contributed by atoms with van der Waals surface area (Å²) in [5, 5.41) is 10.6. The number of ether oxygens (including phenoxy) is 1. The Hall–Kier alpha value is -2.29. The van der Waals surface area contributed by atoms with Crippen molar-refractivity contribution in [2.24, 2.45) is 7.05 Å². The minimum Gasteiger partial charge on any atom is -0.461 e. The van der Waals surface area contributed by atoms with Gasteiger partial charge in [-0.05, 0) is 19.1 Å². The zero-order valence-electron chi connectivity index (χ0n) is 11.5. The van der Waals surface area contributed by atoms with Crippen LogP contribution in [0, 0.1) is 0 Å². The fourth-order valence-corrected chi connectivity index (χ4v) is 2.22. The molecule has 2 rings (SSSR count). The molecule has 2 aromatic heterocycles. The van der Waals surface area contributed by atoms with Gasteiger partial charge in [-0.1, -0.05) is 11.8 Å². The van der Waals surface area contributed by atoms with Gasteiger partial charge in [0.25, 0.3) is 0 Å². The van der Waals surface area contributed by atoms with Gasteiger partial charge in [-0.3, -0.25) is 10.1 Å². The van der Waals surface area contributed by atoms with E-state index in [1.807, 2.05) is 0 Å². The van der Waals surface area contributed by atoms with E-state index in [1.165, 1.54) is 0 Å². The van der Waals surface area contributed by atoms with Crippen LogP contribution in [-0.4, -0.2) is 39.1 Å². The zero-order chi connectivity index (χ0) is 15.2. The average molecular weight is 310 g/mol. The van der Waals surface area contributed by atoms with Crippen molar-refractivity contribution in [2.45, 2.75) is 12.1 Å². The molecule has 112 valence electrons. The second-order valence-electron chi connectivity index (χ2n) is 3.90. The first kappa shape index (κ1) is 15.1. The molecule has 9 heteroatoms. The van der Waals surface area contributed by atoms with Crippen molar-refractivity contribution < 1.29 is 18.7 Å². The molecule has 0 bridgehead atoms. The van der Waals surface area contributed by atoms with Crippen molar-refractivity contribution in [3.8, 4) is 11.6 Å². The second kappa shape index (κ2) is 6.93. The van der Waals surface area contributed by atoms with Gasteiger partial charge in [-0.25, -0.2) is 4.79 Å². The molecule has 0 atom stereocenters. The lowest BCUT2D eigenvalue weighted by Crippen LogP contribution is -2.32. The van der Waals surface area contributed by atoms with E-state index in [4.69, 9.17) is 4.42 Å². The molecule has 0 spiro atoms. The topological polar surface area (TPSA) is 99.2 Å². The predicted molar refractivity (Wildman–Crippen MR) is 74.6 cm³/mol. The maximum atomic E-state index is 11.5. The zero-order valence-corrected chi connectivity index (χ0v) is 12.3. The molecule has 1 N–H and O–H groups in total. The third kappa shape index (κ3) is 3.85. The number of nitrogens with zero attached hydrogens (tertiary/aromatic N) is 3. The van der Waals surface area contributed by atoms with Crippen molar-refractivity contribution >= 4 is 23.8 Å². The van der Waals surface area contributed by atoms with Gasteiger partial charge in [0.05, 0.1) is 18.6 Å². The summed E-state index contributed by atoms with van der Waals surface area (Å²) in [4.78, 5) is 22.6. The van der Waals surface area contributed by atoms with Crippen LogP contribution in [-0.2, 0) is 16.6 Å². The molecule has 2 amide bonds. The van der Waals surface area contributed by atoms with Crippen LogP contribution in [0.1, 0.15) is 6.92 Å². The maximum Gasteiger partial charge on any atom is 0.413 e. The summed E-state index contributed by atoms with van der Waals surface area (Å²) in [6.07, 6.45) is 0.793. The van der Waals surface area contributed by atoms with Crippen molar-refractivity contribution in [2.75, 3.05) is 12.4 Å². The minimum absolute atomic E-state index is 0.0307. The molecule has 0 aliphatic heterocycles. The number of aromatic nitrogens is 3. The Morgan fingerprint density at radius 2 is 2.29 bits per heavy atom. The van der Waals surface area contributed by atoms with E-state index in [1.54, 1.807) is 36.9 Å². The number of thioether (sulfide) groups is 1. The monoisotopic (exact) mass is 310 g/mol. The number of carbonyl (C=O) groups is 2. The normalized spacial score (nSPS) is 10.4. The lowest BCUT2D eigenvalue weighted by atomic mass is 10.4. The molecule has 0 aliphatic carbocycles. The van der Waals surface area contributed by atoms with Gasteiger partial charge in [0.1, 0.15) is 0 Å². The minimum atomic E-state index is -0.752. The van der Waals surface area contributed by atoms with Crippen molar-refractivity contribution in [3.05, 3.63) is 18.4 Å². The smallest absolute Gasteiger partial charge is 0.413 e. The largest absolute Gasteiger partial charge is 0.461 e. The van der Waals surface area contributed by atoms with Crippen LogP contribution < -0.4 is 5.32 Å². The van der Waals surface area contributed by atoms with E-state index in [2.05, 4.69) is 20.3 Å². The Kier molecular flexibility index (Phi) is 4.99. The number of rotatable bonds is 5. The second-order valence-corrected chi connectivity index (χ2v) is 4.84. The fraction of sp³-hybridized carbons (Fsp3) is 0.333. The van der Waals surface area contributed by atoms with Gasteiger partial charge < -0.3 is 13.7 Å². The maximum absolute atomic E-state index is 11.5. The van der Waals surface area contributed by atoms with Gasteiger partial charge in [0, 0.05) is 7.05 Å². The van der Waals surface area contributed by atoms with E-state index in [0.717, 1.165) is 11.8 Å². The van der Waals surface area contributed by atoms with Crippen LogP contribution in [0.3, 0.4) is 0 Å². The van der Waals surface area contributed by atoms with Crippen LogP contribution >= 0.6 is 11.8 Å². The van der Waals surface area contributed by atoms with Gasteiger partial charge >= 0.3 is 6.09 Å². The van der Waals surface area contributed by atoms with Crippen LogP contribution in [0.5, 0.6) is 0 Å². The van der Waals surface area contributed by atoms with E-state index >= 15 is 0 Å². The van der Waals surface area contributed by atoms with E-state index < -0.39 is 12.0 Å². The molecule has 0 saturated carbocycles. The number of carbonyl (C=O) groups excluding carboxylic acids is 2. The lowest BCUT2D eigenvalue weighted by molar-refractivity contribution is -0.117. The predicted octanol–water partition coefficient (Wildman–Crippen LogP) is 1.44. The summed E-state index contributed by atoms with van der Waals surface area (Å²) >= 11 is 1.16. The van der Waals surface area contributed by atoms with E-state index in [-0.39, 0.29) is 12.4 Å². The van der Waals surface area contributed by atoms with Crippen molar-refractivity contribution in [1.82, 2.24) is 20.1 Å². The molecule has 2 aromatic rings. The first-order chi connectivity index (χ1) is 10.1. The number of amides is 2. The Balaban J connectivity index is 1.92. The van der Waals surface area contributed by atoms with Gasteiger partial charge in [0.2, 0.25) is 5.91 Å². The summed E-state index contributed by atoms with van der Waals surface area (Å²) in [6.45, 7) is 1.87. The highest BCUT2D eigenvalue weighted by atomic mass is 32.2. The molecular weight excluding hydrogens is 296 g/mol. The summed E-state index contributed by atoms with van der Waals surface area (Å²) in [7, 11) is 1.77. The van der Waals surface area contributed by atoms with Crippen LogP contribution in [0.15, 0.2) is 28.0 Å². The Morgan fingerprint density at radius 1 is 1.48 bits per heavy atom. The van der Waals surface area contributed by atoms with Crippen molar-refractivity contribution in [1.29, 1.82) is 0 Å². The summed E-state index contributed by atoms with van der Waals surface area (Å²) in [5.74, 6) is 0.727. The summed E-state index contributed by atoms with van der Waals surface area (Å²) < 4.78 is 11.6. The highest BCUT2D eigenvalue weighted by molar-refractivity contribution is 7.99. The third-order valence-electron chi connectivity index (χ3n) is 2.43. The molecule has 8 nitrogen and oxygen atoms in total. The third-order valence-corrected chi connectivity index (χ3v) is 3.45. The first-order valence-corrected chi connectivity index (χ1v) is 7.13. The Morgan fingerprint density at radius 3 is 2.95 bits per heavy atom. The number of hydrogen-bond acceptors (Lipinski definition) is 7. The molecule has 21 heavy (non-hydrogen) atoms. The SMILES string of the molecule is CCOC(=O)NC(=O)CSc1nnc(-c2ccco2)n1C. The van der Waals surface area contributed by atoms with Gasteiger partial charge in [-0.15, -0.1) is 10.2 Å². The lowest BCUT2D eigenvalue weighted by Gasteiger charge is -2.04. The molecule has 0 unspecified atom stereocenters. The molecule has 0 aromatic carbocycles. The van der Waals surface area contributed by atoms with Crippen LogP contribution in [0.25, 0.3) is 11.6 Å². The van der Waals surface area contributed by atoms with Gasteiger partial charge in [0.15, 0.2) is 16.7 Å². The summed E-state index contributed by atoms with van der Waals surface area (Å²) in [5.41, 5.74) is 0. The number of hydrogen-bond donors (Lipinski definition) is 1. The Labute approximate surface area is 124 Å². The molecule has 0 radical (unpaired) electrons. The molecule has 0 fully saturated rings.